The van der Waals surface area contributed by atoms with E-state index in [1.807, 2.05) is 11.4 Å². The molecule has 2 aliphatic heterocycles. The molecule has 2 heterocycles. The Balaban J connectivity index is 1.49. The summed E-state index contributed by atoms with van der Waals surface area (Å²) >= 11 is 0. The fourth-order valence-corrected chi connectivity index (χ4v) is 3.77. The van der Waals surface area contributed by atoms with Crippen molar-refractivity contribution in [2.24, 2.45) is 0 Å². The first-order valence-electron chi connectivity index (χ1n) is 10.5. The molecule has 1 aromatic rings. The third-order valence-corrected chi connectivity index (χ3v) is 5.30. The number of halogens is 3. The molecule has 2 N–H and O–H groups in total. The summed E-state index contributed by atoms with van der Waals surface area (Å²) in [5, 5.41) is 4.59. The maximum Gasteiger partial charge on any atom is 0.405 e. The molecule has 31 heavy (non-hydrogen) atoms. The van der Waals surface area contributed by atoms with Gasteiger partial charge in [0.15, 0.2) is 0 Å². The van der Waals surface area contributed by atoms with Gasteiger partial charge in [-0.2, -0.15) is 13.2 Å². The molecule has 172 valence electrons. The lowest BCUT2D eigenvalue weighted by Gasteiger charge is -2.24. The van der Waals surface area contributed by atoms with Gasteiger partial charge in [-0.25, -0.2) is 4.79 Å². The van der Waals surface area contributed by atoms with Crippen LogP contribution in [-0.2, 0) is 20.9 Å². The number of hydrogen-bond acceptors (Lipinski definition) is 4. The number of alkyl halides is 3. The summed E-state index contributed by atoms with van der Waals surface area (Å²) in [6.07, 6.45) is -0.284. The number of rotatable bonds is 7. The molecule has 1 aromatic carbocycles. The normalized spacial score (nSPS) is 21.7. The van der Waals surface area contributed by atoms with Crippen LogP contribution in [0, 0.1) is 0 Å². The van der Waals surface area contributed by atoms with Gasteiger partial charge in [-0.3, -0.25) is 4.79 Å². The highest BCUT2D eigenvalue weighted by molar-refractivity contribution is 5.94. The molecule has 0 bridgehead atoms. The standard InChI is InChI=1S/C21H28F3N3O4/c22-21(23,24)14-25-19(28)18-8-4-9-27(18)20(29)26-16-6-3-5-15(11-16)12-30-13-17-7-1-2-10-31-17/h3,5-6,11,17-18H,1-2,4,7-10,12-14H2,(H,25,28)(H,26,29). The first kappa shape index (κ1) is 23.3. The number of amides is 3. The van der Waals surface area contributed by atoms with E-state index < -0.39 is 30.7 Å². The molecule has 2 fully saturated rings. The molecule has 2 aliphatic rings. The molecule has 0 aromatic heterocycles. The van der Waals surface area contributed by atoms with Crippen molar-refractivity contribution < 1.29 is 32.2 Å². The summed E-state index contributed by atoms with van der Waals surface area (Å²) < 4.78 is 48.4. The van der Waals surface area contributed by atoms with E-state index in [4.69, 9.17) is 9.47 Å². The van der Waals surface area contributed by atoms with Crippen molar-refractivity contribution in [2.75, 3.05) is 31.6 Å². The largest absolute Gasteiger partial charge is 0.405 e. The second-order valence-electron chi connectivity index (χ2n) is 7.82. The maximum absolute atomic E-state index is 12.6. The zero-order valence-electron chi connectivity index (χ0n) is 17.2. The number of hydrogen-bond donors (Lipinski definition) is 2. The van der Waals surface area contributed by atoms with Gasteiger partial charge < -0.3 is 25.0 Å². The summed E-state index contributed by atoms with van der Waals surface area (Å²) in [7, 11) is 0. The van der Waals surface area contributed by atoms with E-state index >= 15 is 0 Å². The van der Waals surface area contributed by atoms with Gasteiger partial charge in [0.25, 0.3) is 0 Å². The Morgan fingerprint density at radius 3 is 2.77 bits per heavy atom. The zero-order chi connectivity index (χ0) is 22.3. The molecular formula is C21H28F3N3O4. The van der Waals surface area contributed by atoms with Crippen LogP contribution in [0.25, 0.3) is 0 Å². The number of likely N-dealkylation sites (tertiary alicyclic amines) is 1. The average molecular weight is 443 g/mol. The van der Waals surface area contributed by atoms with Gasteiger partial charge in [-0.15, -0.1) is 0 Å². The predicted octanol–water partition coefficient (Wildman–Crippen LogP) is 3.45. The lowest BCUT2D eigenvalue weighted by Crippen LogP contribution is -2.49. The molecule has 0 aliphatic carbocycles. The smallest absolute Gasteiger partial charge is 0.376 e. The van der Waals surface area contributed by atoms with Crippen LogP contribution in [0.4, 0.5) is 23.7 Å². The van der Waals surface area contributed by atoms with E-state index in [0.29, 0.717) is 38.3 Å². The van der Waals surface area contributed by atoms with Crippen molar-refractivity contribution in [2.45, 2.75) is 57.0 Å². The Bertz CT molecular complexity index is 754. The van der Waals surface area contributed by atoms with E-state index in [0.717, 1.165) is 31.4 Å². The topological polar surface area (TPSA) is 79.9 Å². The van der Waals surface area contributed by atoms with Crippen LogP contribution in [0.5, 0.6) is 0 Å². The molecule has 7 nitrogen and oxygen atoms in total. The predicted molar refractivity (Wildman–Crippen MR) is 108 cm³/mol. The minimum atomic E-state index is -4.49. The first-order chi connectivity index (χ1) is 14.8. The average Bonchev–Trinajstić information content (AvgIpc) is 3.23. The fourth-order valence-electron chi connectivity index (χ4n) is 3.77. The Morgan fingerprint density at radius 1 is 1.19 bits per heavy atom. The third-order valence-electron chi connectivity index (χ3n) is 5.30. The van der Waals surface area contributed by atoms with Crippen LogP contribution >= 0.6 is 0 Å². The van der Waals surface area contributed by atoms with Gasteiger partial charge in [-0.05, 0) is 49.8 Å². The van der Waals surface area contributed by atoms with Gasteiger partial charge in [0.05, 0.1) is 19.3 Å². The highest BCUT2D eigenvalue weighted by Crippen LogP contribution is 2.21. The zero-order valence-corrected chi connectivity index (χ0v) is 17.2. The van der Waals surface area contributed by atoms with E-state index in [2.05, 4.69) is 5.32 Å². The second-order valence-corrected chi connectivity index (χ2v) is 7.82. The quantitative estimate of drug-likeness (QED) is 0.677. The minimum absolute atomic E-state index is 0.118. The number of nitrogens with zero attached hydrogens (tertiary/aromatic N) is 1. The molecule has 2 unspecified atom stereocenters. The first-order valence-corrected chi connectivity index (χ1v) is 10.5. The van der Waals surface area contributed by atoms with Crippen LogP contribution in [-0.4, -0.2) is 61.5 Å². The number of nitrogens with one attached hydrogen (secondary N) is 2. The fraction of sp³-hybridized carbons (Fsp3) is 0.619. The van der Waals surface area contributed by atoms with Crippen LogP contribution in [0.15, 0.2) is 24.3 Å². The number of urea groups is 1. The highest BCUT2D eigenvalue weighted by atomic mass is 19.4. The van der Waals surface area contributed by atoms with E-state index in [-0.39, 0.29) is 6.10 Å². The monoisotopic (exact) mass is 443 g/mol. The summed E-state index contributed by atoms with van der Waals surface area (Å²) in [6, 6.07) is 5.71. The number of carbonyl (C=O) groups excluding carboxylic acids is 2. The number of carbonyl (C=O) groups is 2. The van der Waals surface area contributed by atoms with Crippen LogP contribution in [0.1, 0.15) is 37.7 Å². The van der Waals surface area contributed by atoms with Gasteiger partial charge in [-0.1, -0.05) is 12.1 Å². The molecule has 0 saturated carbocycles. The van der Waals surface area contributed by atoms with Gasteiger partial charge in [0, 0.05) is 18.8 Å². The SMILES string of the molecule is O=C(NCC(F)(F)F)C1CCCN1C(=O)Nc1cccc(COCC2CCCCO2)c1. The molecule has 2 saturated heterocycles. The van der Waals surface area contributed by atoms with Crippen molar-refractivity contribution in [1.29, 1.82) is 0 Å². The van der Waals surface area contributed by atoms with Gasteiger partial charge >= 0.3 is 12.2 Å². The summed E-state index contributed by atoms with van der Waals surface area (Å²) in [4.78, 5) is 26.0. The summed E-state index contributed by atoms with van der Waals surface area (Å²) in [5.74, 6) is -0.794. The van der Waals surface area contributed by atoms with Crippen LogP contribution in [0.2, 0.25) is 0 Å². The Kier molecular flexibility index (Phi) is 8.14. The molecule has 10 heteroatoms. The van der Waals surface area contributed by atoms with Gasteiger partial charge in [0.1, 0.15) is 12.6 Å². The van der Waals surface area contributed by atoms with Crippen LogP contribution < -0.4 is 10.6 Å². The van der Waals surface area contributed by atoms with Crippen molar-refractivity contribution in [3.05, 3.63) is 29.8 Å². The molecule has 0 radical (unpaired) electrons. The molecule has 3 rings (SSSR count). The minimum Gasteiger partial charge on any atom is -0.376 e. The lowest BCUT2D eigenvalue weighted by molar-refractivity contribution is -0.140. The number of benzene rings is 1. The van der Waals surface area contributed by atoms with E-state index in [1.165, 1.54) is 4.90 Å². The van der Waals surface area contributed by atoms with Crippen molar-refractivity contribution in [1.82, 2.24) is 10.2 Å². The number of anilines is 1. The Morgan fingerprint density at radius 2 is 2.03 bits per heavy atom. The van der Waals surface area contributed by atoms with Crippen molar-refractivity contribution >= 4 is 17.6 Å². The Hall–Kier alpha value is -2.33. The molecular weight excluding hydrogens is 415 g/mol. The maximum atomic E-state index is 12.6. The second kappa shape index (κ2) is 10.8. The van der Waals surface area contributed by atoms with E-state index in [9.17, 15) is 22.8 Å². The Labute approximate surface area is 179 Å². The lowest BCUT2D eigenvalue weighted by atomic mass is 10.1. The van der Waals surface area contributed by atoms with Crippen molar-refractivity contribution in [3.8, 4) is 0 Å². The third kappa shape index (κ3) is 7.39. The van der Waals surface area contributed by atoms with Crippen molar-refractivity contribution in [3.63, 3.8) is 0 Å². The van der Waals surface area contributed by atoms with E-state index in [1.54, 1.807) is 18.2 Å². The molecule has 3 amide bonds. The van der Waals surface area contributed by atoms with Gasteiger partial charge in [0.2, 0.25) is 5.91 Å². The molecule has 0 spiro atoms. The molecule has 2 atom stereocenters. The highest BCUT2D eigenvalue weighted by Gasteiger charge is 2.36. The summed E-state index contributed by atoms with van der Waals surface area (Å²) in [5.41, 5.74) is 1.40. The number of ether oxygens (including phenoxy) is 2. The summed E-state index contributed by atoms with van der Waals surface area (Å²) in [6.45, 7) is 0.544. The van der Waals surface area contributed by atoms with Crippen LogP contribution in [0.3, 0.4) is 0 Å².